The summed E-state index contributed by atoms with van der Waals surface area (Å²) in [5.41, 5.74) is 6.74. The number of nitrogens with one attached hydrogen (secondary N) is 2. The van der Waals surface area contributed by atoms with Gasteiger partial charge in [0.15, 0.2) is 0 Å². The number of fused-ring (bicyclic) bond motifs is 3. The summed E-state index contributed by atoms with van der Waals surface area (Å²) in [4.78, 5) is 19.8. The Labute approximate surface area is 284 Å². The Hall–Kier alpha value is -3.29. The van der Waals surface area contributed by atoms with Gasteiger partial charge in [0.05, 0.1) is 17.9 Å². The number of ether oxygens (including phenoxy) is 2. The van der Waals surface area contributed by atoms with E-state index in [0.717, 1.165) is 82.6 Å². The van der Waals surface area contributed by atoms with E-state index in [-0.39, 0.29) is 27.6 Å². The molecular formula is C41H48N4O3. The van der Waals surface area contributed by atoms with Crippen molar-refractivity contribution in [3.05, 3.63) is 77.0 Å². The molecule has 2 aliphatic carbocycles. The molecule has 2 spiro atoms. The monoisotopic (exact) mass is 644 g/mol. The predicted molar refractivity (Wildman–Crippen MR) is 186 cm³/mol. The minimum absolute atomic E-state index is 0.0151. The van der Waals surface area contributed by atoms with Crippen molar-refractivity contribution in [2.24, 2.45) is 22.7 Å². The molecule has 0 radical (unpaired) electrons. The van der Waals surface area contributed by atoms with E-state index < -0.39 is 11.6 Å². The van der Waals surface area contributed by atoms with Gasteiger partial charge < -0.3 is 20.1 Å². The first kappa shape index (κ1) is 28.5. The van der Waals surface area contributed by atoms with Gasteiger partial charge in [-0.05, 0) is 98.1 Å². The smallest absolute Gasteiger partial charge is 0.314 e. The Morgan fingerprint density at radius 2 is 1.94 bits per heavy atom. The molecule has 9 atom stereocenters. The van der Waals surface area contributed by atoms with Crippen LogP contribution >= 0.6 is 0 Å². The molecule has 5 unspecified atom stereocenters. The molecule has 9 aliphatic rings. The maximum absolute atomic E-state index is 14.2. The van der Waals surface area contributed by atoms with E-state index in [1.807, 2.05) is 0 Å². The van der Waals surface area contributed by atoms with E-state index in [9.17, 15) is 4.79 Å². The van der Waals surface area contributed by atoms with Crippen LogP contribution in [0, 0.1) is 22.7 Å². The first-order valence-electron chi connectivity index (χ1n) is 18.8. The van der Waals surface area contributed by atoms with Crippen molar-refractivity contribution < 1.29 is 14.3 Å². The molecule has 3 saturated heterocycles. The molecule has 7 nitrogen and oxygen atoms in total. The average molecular weight is 645 g/mol. The van der Waals surface area contributed by atoms with Crippen molar-refractivity contribution in [2.45, 2.75) is 93.9 Å². The summed E-state index contributed by atoms with van der Waals surface area (Å²) in [5, 5.41) is 8.00. The number of hydrogen-bond donors (Lipinski definition) is 2. The average Bonchev–Trinajstić information content (AvgIpc) is 3.83. The second-order valence-electron chi connectivity index (χ2n) is 16.8. The fraction of sp³-hybridized carbons (Fsp3) is 0.585. The quantitative estimate of drug-likeness (QED) is 0.298. The van der Waals surface area contributed by atoms with Crippen LogP contribution in [0.3, 0.4) is 0 Å². The lowest BCUT2D eigenvalue weighted by molar-refractivity contribution is -0.183. The lowest BCUT2D eigenvalue weighted by atomic mass is 9.46. The third-order valence-electron chi connectivity index (χ3n) is 15.7. The van der Waals surface area contributed by atoms with Gasteiger partial charge in [-0.3, -0.25) is 14.6 Å². The molecule has 2 aromatic carbocycles. The van der Waals surface area contributed by atoms with Crippen LogP contribution in [0.1, 0.15) is 75.5 Å². The Bertz CT molecular complexity index is 1850. The van der Waals surface area contributed by atoms with Crippen LogP contribution in [0.2, 0.25) is 0 Å². The second kappa shape index (κ2) is 9.08. The molecule has 48 heavy (non-hydrogen) atoms. The zero-order valence-electron chi connectivity index (χ0n) is 28.6. The Kier molecular flexibility index (Phi) is 5.40. The van der Waals surface area contributed by atoms with E-state index in [4.69, 9.17) is 9.47 Å². The van der Waals surface area contributed by atoms with Gasteiger partial charge >= 0.3 is 5.97 Å². The number of allylic oxidation sites excluding steroid dienone is 1. The van der Waals surface area contributed by atoms with Gasteiger partial charge in [0.2, 0.25) is 5.72 Å². The fourth-order valence-electron chi connectivity index (χ4n) is 14.1. The number of para-hydroxylation sites is 1. The SMILES string of the molecule is CC[C@]12C=CCN3CCC4(C(=CC1)Nc1cc5c(cc14)CC1CN4CCC[C@]6(CC)CC(C(=O)OC)C7(Nc8ccccc8C17[C@H]46)O5)[C@@H]32. The highest BCUT2D eigenvalue weighted by atomic mass is 16.5. The van der Waals surface area contributed by atoms with Crippen LogP contribution < -0.4 is 15.4 Å². The van der Waals surface area contributed by atoms with Crippen LogP contribution in [-0.2, 0) is 26.8 Å². The van der Waals surface area contributed by atoms with Crippen LogP contribution in [0.15, 0.2) is 60.3 Å². The lowest BCUT2D eigenvalue weighted by Crippen LogP contribution is -2.76. The number of carbonyl (C=O) groups is 1. The molecule has 7 heteroatoms. The first-order chi connectivity index (χ1) is 23.4. The molecule has 2 N–H and O–H groups in total. The molecule has 11 rings (SSSR count). The van der Waals surface area contributed by atoms with Crippen molar-refractivity contribution in [1.82, 2.24) is 9.80 Å². The molecule has 4 fully saturated rings. The van der Waals surface area contributed by atoms with Crippen LogP contribution in [0.4, 0.5) is 11.4 Å². The van der Waals surface area contributed by atoms with Crippen LogP contribution in [0.25, 0.3) is 0 Å². The van der Waals surface area contributed by atoms with Crippen molar-refractivity contribution in [3.8, 4) is 5.75 Å². The van der Waals surface area contributed by atoms with Crippen molar-refractivity contribution in [2.75, 3.05) is 43.9 Å². The molecule has 0 bridgehead atoms. The van der Waals surface area contributed by atoms with Gasteiger partial charge in [-0.1, -0.05) is 50.3 Å². The summed E-state index contributed by atoms with van der Waals surface area (Å²) in [6.45, 7) is 9.09. The highest BCUT2D eigenvalue weighted by molar-refractivity contribution is 5.81. The van der Waals surface area contributed by atoms with E-state index in [2.05, 4.69) is 88.9 Å². The number of rotatable bonds is 3. The standard InChI is InChI=1S/C41H48N4O3/c1-4-37-13-8-17-44-19-16-39(35(37)44)28-21-25-20-26-24-45-18-9-14-38(5-2)23-29(34(46)47-3)41(48-32(25)22-31(28)42-33(39)12-15-37)40(26,36(38)45)27-10-6-7-11-30(27)43-41/h6-8,10-13,21-22,26,29,35-36,42-43H,4-5,9,14-20,23-24H2,1-3H3/t26?,29?,35-,36+,37-,38+,39?,40?,41?/m0/s1. The molecule has 7 heterocycles. The molecule has 0 amide bonds. The zero-order chi connectivity index (χ0) is 32.3. The van der Waals surface area contributed by atoms with E-state index in [0.29, 0.717) is 18.0 Å². The van der Waals surface area contributed by atoms with Gasteiger partial charge in [-0.2, -0.15) is 0 Å². The summed E-state index contributed by atoms with van der Waals surface area (Å²) in [5.74, 6) is 0.667. The van der Waals surface area contributed by atoms with Crippen LogP contribution in [-0.4, -0.2) is 66.9 Å². The van der Waals surface area contributed by atoms with Gasteiger partial charge in [0.1, 0.15) is 11.7 Å². The molecule has 7 aliphatic heterocycles. The third kappa shape index (κ3) is 2.91. The molecule has 1 saturated carbocycles. The zero-order valence-corrected chi connectivity index (χ0v) is 28.6. The highest BCUT2D eigenvalue weighted by Crippen LogP contribution is 2.73. The number of benzene rings is 2. The van der Waals surface area contributed by atoms with Gasteiger partial charge in [0, 0.05) is 60.3 Å². The maximum atomic E-state index is 14.2. The topological polar surface area (TPSA) is 66.1 Å². The summed E-state index contributed by atoms with van der Waals surface area (Å²) in [6.07, 6.45) is 16.0. The highest BCUT2D eigenvalue weighted by Gasteiger charge is 2.81. The van der Waals surface area contributed by atoms with E-state index in [1.165, 1.54) is 34.5 Å². The number of anilines is 2. The minimum Gasteiger partial charge on any atom is -0.469 e. The number of esters is 1. The van der Waals surface area contributed by atoms with Crippen molar-refractivity contribution in [3.63, 3.8) is 0 Å². The Balaban J connectivity index is 1.14. The Morgan fingerprint density at radius 1 is 1.04 bits per heavy atom. The van der Waals surface area contributed by atoms with Crippen molar-refractivity contribution in [1.29, 1.82) is 0 Å². The fourth-order valence-corrected chi connectivity index (χ4v) is 14.1. The summed E-state index contributed by atoms with van der Waals surface area (Å²) >= 11 is 0. The number of piperidine rings is 1. The summed E-state index contributed by atoms with van der Waals surface area (Å²) in [7, 11) is 1.57. The van der Waals surface area contributed by atoms with E-state index in [1.54, 1.807) is 7.11 Å². The van der Waals surface area contributed by atoms with Crippen molar-refractivity contribution >= 4 is 17.3 Å². The number of nitrogens with zero attached hydrogens (tertiary/aromatic N) is 2. The molecule has 2 aromatic rings. The maximum Gasteiger partial charge on any atom is 0.314 e. The van der Waals surface area contributed by atoms with Gasteiger partial charge in [-0.25, -0.2) is 0 Å². The lowest BCUT2D eigenvalue weighted by Gasteiger charge is -2.63. The number of carbonyl (C=O) groups excluding carboxylic acids is 1. The summed E-state index contributed by atoms with van der Waals surface area (Å²) in [6, 6.07) is 14.6. The van der Waals surface area contributed by atoms with E-state index >= 15 is 0 Å². The largest absolute Gasteiger partial charge is 0.469 e. The Morgan fingerprint density at radius 3 is 2.79 bits per heavy atom. The van der Waals surface area contributed by atoms with Gasteiger partial charge in [0.25, 0.3) is 0 Å². The third-order valence-corrected chi connectivity index (χ3v) is 15.7. The first-order valence-corrected chi connectivity index (χ1v) is 18.8. The predicted octanol–water partition coefficient (Wildman–Crippen LogP) is 6.36. The molecule has 250 valence electrons. The minimum atomic E-state index is -0.929. The molecular weight excluding hydrogens is 596 g/mol. The number of hydrogen-bond acceptors (Lipinski definition) is 7. The van der Waals surface area contributed by atoms with Gasteiger partial charge in [-0.15, -0.1) is 0 Å². The van der Waals surface area contributed by atoms with Crippen LogP contribution in [0.5, 0.6) is 5.75 Å². The molecule has 0 aromatic heterocycles. The number of methoxy groups -OCH3 is 1. The normalized spacial score (nSPS) is 43.5. The summed E-state index contributed by atoms with van der Waals surface area (Å²) < 4.78 is 13.4. The second-order valence-corrected chi connectivity index (χ2v) is 16.8.